The standard InChI is InChI=1S/C6H7ClO3/c1-10-6(9)4-2-3(4)5(7)8/h3-4H,2H2,1H3. The van der Waals surface area contributed by atoms with Crippen molar-refractivity contribution in [3.63, 3.8) is 0 Å². The zero-order valence-corrected chi connectivity index (χ0v) is 6.22. The molecule has 3 nitrogen and oxygen atoms in total. The molecule has 0 bridgehead atoms. The number of ether oxygens (including phenoxy) is 1. The molecule has 1 aliphatic carbocycles. The molecular formula is C6H7ClO3. The van der Waals surface area contributed by atoms with Crippen molar-refractivity contribution in [2.75, 3.05) is 7.11 Å². The number of carbonyl (C=O) groups is 2. The van der Waals surface area contributed by atoms with Crippen LogP contribution in [0.1, 0.15) is 6.42 Å². The van der Waals surface area contributed by atoms with Gasteiger partial charge in [0.2, 0.25) is 5.24 Å². The van der Waals surface area contributed by atoms with Gasteiger partial charge in [-0.25, -0.2) is 0 Å². The van der Waals surface area contributed by atoms with Crippen LogP contribution in [0, 0.1) is 11.8 Å². The molecule has 56 valence electrons. The SMILES string of the molecule is COC(=O)C1CC1C(=O)Cl. The number of carbonyl (C=O) groups excluding carboxylic acids is 2. The summed E-state index contributed by atoms with van der Waals surface area (Å²) in [6.45, 7) is 0. The summed E-state index contributed by atoms with van der Waals surface area (Å²) in [5, 5.41) is -0.435. The third kappa shape index (κ3) is 1.29. The highest BCUT2D eigenvalue weighted by molar-refractivity contribution is 6.64. The van der Waals surface area contributed by atoms with Crippen molar-refractivity contribution in [2.45, 2.75) is 6.42 Å². The molecule has 0 N–H and O–H groups in total. The summed E-state index contributed by atoms with van der Waals surface area (Å²) in [5.41, 5.74) is 0. The topological polar surface area (TPSA) is 43.4 Å². The zero-order valence-electron chi connectivity index (χ0n) is 5.46. The molecule has 1 fully saturated rings. The summed E-state index contributed by atoms with van der Waals surface area (Å²) in [4.78, 5) is 21.1. The number of halogens is 1. The lowest BCUT2D eigenvalue weighted by molar-refractivity contribution is -0.143. The molecule has 0 aromatic carbocycles. The summed E-state index contributed by atoms with van der Waals surface area (Å²) < 4.78 is 4.40. The van der Waals surface area contributed by atoms with Crippen molar-refractivity contribution in [1.29, 1.82) is 0 Å². The molecule has 1 aliphatic rings. The average Bonchev–Trinajstić information content (AvgIpc) is 2.64. The molecular weight excluding hydrogens is 156 g/mol. The van der Waals surface area contributed by atoms with Crippen LogP contribution in [0.3, 0.4) is 0 Å². The van der Waals surface area contributed by atoms with Crippen molar-refractivity contribution in [3.8, 4) is 0 Å². The minimum atomic E-state index is -0.435. The second kappa shape index (κ2) is 2.58. The van der Waals surface area contributed by atoms with E-state index in [1.807, 2.05) is 0 Å². The molecule has 0 aliphatic heterocycles. The first-order chi connectivity index (χ1) is 4.66. The van der Waals surface area contributed by atoms with Crippen LogP contribution in [0.25, 0.3) is 0 Å². The van der Waals surface area contributed by atoms with E-state index in [1.165, 1.54) is 7.11 Å². The van der Waals surface area contributed by atoms with E-state index >= 15 is 0 Å². The van der Waals surface area contributed by atoms with Gasteiger partial charge >= 0.3 is 5.97 Å². The molecule has 4 heteroatoms. The quantitative estimate of drug-likeness (QED) is 0.440. The molecule has 0 heterocycles. The van der Waals surface area contributed by atoms with Crippen LogP contribution in [-0.2, 0) is 14.3 Å². The van der Waals surface area contributed by atoms with Gasteiger partial charge in [0.05, 0.1) is 13.0 Å². The van der Waals surface area contributed by atoms with E-state index in [0.717, 1.165) is 0 Å². The monoisotopic (exact) mass is 162 g/mol. The van der Waals surface area contributed by atoms with Gasteiger partial charge in [-0.1, -0.05) is 0 Å². The van der Waals surface area contributed by atoms with Crippen molar-refractivity contribution in [2.24, 2.45) is 11.8 Å². The minimum Gasteiger partial charge on any atom is -0.469 e. The molecule has 0 radical (unpaired) electrons. The number of hydrogen-bond donors (Lipinski definition) is 0. The number of hydrogen-bond acceptors (Lipinski definition) is 3. The first-order valence-electron chi connectivity index (χ1n) is 2.94. The molecule has 10 heavy (non-hydrogen) atoms. The maximum Gasteiger partial charge on any atom is 0.309 e. The Morgan fingerprint density at radius 3 is 2.40 bits per heavy atom. The van der Waals surface area contributed by atoms with Crippen LogP contribution >= 0.6 is 11.6 Å². The normalized spacial score (nSPS) is 29.4. The first kappa shape index (κ1) is 7.54. The minimum absolute atomic E-state index is 0.269. The maximum atomic E-state index is 10.7. The van der Waals surface area contributed by atoms with Gasteiger partial charge in [0.15, 0.2) is 0 Å². The molecule has 0 saturated heterocycles. The van der Waals surface area contributed by atoms with Crippen molar-refractivity contribution in [3.05, 3.63) is 0 Å². The summed E-state index contributed by atoms with van der Waals surface area (Å²) in [5.74, 6) is -0.886. The average molecular weight is 163 g/mol. The largest absolute Gasteiger partial charge is 0.469 e. The van der Waals surface area contributed by atoms with Crippen LogP contribution in [0.2, 0.25) is 0 Å². The number of esters is 1. The second-order valence-electron chi connectivity index (χ2n) is 2.28. The Morgan fingerprint density at radius 1 is 1.50 bits per heavy atom. The summed E-state index contributed by atoms with van der Waals surface area (Å²) >= 11 is 5.12. The van der Waals surface area contributed by atoms with Gasteiger partial charge in [0.1, 0.15) is 0 Å². The van der Waals surface area contributed by atoms with Crippen molar-refractivity contribution >= 4 is 22.8 Å². The number of rotatable bonds is 2. The fourth-order valence-corrected chi connectivity index (χ4v) is 1.10. The van der Waals surface area contributed by atoms with Gasteiger partial charge in [-0.15, -0.1) is 0 Å². The van der Waals surface area contributed by atoms with Gasteiger partial charge in [-0.3, -0.25) is 9.59 Å². The van der Waals surface area contributed by atoms with E-state index in [4.69, 9.17) is 11.6 Å². The highest BCUT2D eigenvalue weighted by Gasteiger charge is 2.48. The van der Waals surface area contributed by atoms with Crippen LogP contribution in [-0.4, -0.2) is 18.3 Å². The summed E-state index contributed by atoms with van der Waals surface area (Å²) in [6.07, 6.45) is 0.551. The third-order valence-corrected chi connectivity index (χ3v) is 1.87. The lowest BCUT2D eigenvalue weighted by Gasteiger charge is -1.92. The molecule has 0 aromatic heterocycles. The van der Waals surface area contributed by atoms with Crippen LogP contribution in [0.15, 0.2) is 0 Å². The smallest absolute Gasteiger partial charge is 0.309 e. The van der Waals surface area contributed by atoms with Gasteiger partial charge in [-0.05, 0) is 18.0 Å². The predicted octanol–water partition coefficient (Wildman–Crippen LogP) is 0.561. The van der Waals surface area contributed by atoms with E-state index in [1.54, 1.807) is 0 Å². The third-order valence-electron chi connectivity index (χ3n) is 1.59. The lowest BCUT2D eigenvalue weighted by atomic mass is 10.3. The van der Waals surface area contributed by atoms with Crippen LogP contribution in [0.5, 0.6) is 0 Å². The van der Waals surface area contributed by atoms with E-state index in [2.05, 4.69) is 4.74 Å². The molecule has 1 saturated carbocycles. The number of methoxy groups -OCH3 is 1. The Bertz CT molecular complexity index is 178. The Kier molecular flexibility index (Phi) is 1.94. The second-order valence-corrected chi connectivity index (χ2v) is 2.65. The fraction of sp³-hybridized carbons (Fsp3) is 0.667. The Balaban J connectivity index is 2.38. The summed E-state index contributed by atoms with van der Waals surface area (Å²) in [7, 11) is 1.30. The highest BCUT2D eigenvalue weighted by atomic mass is 35.5. The molecule has 2 unspecified atom stereocenters. The van der Waals surface area contributed by atoms with Crippen molar-refractivity contribution < 1.29 is 14.3 Å². The Hall–Kier alpha value is -0.570. The van der Waals surface area contributed by atoms with E-state index in [9.17, 15) is 9.59 Å². The van der Waals surface area contributed by atoms with Gasteiger partial charge in [-0.2, -0.15) is 0 Å². The van der Waals surface area contributed by atoms with Gasteiger partial charge < -0.3 is 4.74 Å². The summed E-state index contributed by atoms with van der Waals surface area (Å²) in [6, 6.07) is 0. The molecule has 0 amide bonds. The molecule has 2 atom stereocenters. The molecule has 0 spiro atoms. The van der Waals surface area contributed by atoms with Crippen molar-refractivity contribution in [1.82, 2.24) is 0 Å². The highest BCUT2D eigenvalue weighted by Crippen LogP contribution is 2.40. The van der Waals surface area contributed by atoms with Gasteiger partial charge in [0.25, 0.3) is 0 Å². The van der Waals surface area contributed by atoms with Gasteiger partial charge in [0, 0.05) is 5.92 Å². The zero-order chi connectivity index (χ0) is 7.72. The van der Waals surface area contributed by atoms with E-state index in [0.29, 0.717) is 6.42 Å². The first-order valence-corrected chi connectivity index (χ1v) is 3.31. The predicted molar refractivity (Wildman–Crippen MR) is 34.5 cm³/mol. The molecule has 1 rings (SSSR count). The van der Waals surface area contributed by atoms with Crippen LogP contribution < -0.4 is 0 Å². The Labute approximate surface area is 63.3 Å². The van der Waals surface area contributed by atoms with E-state index < -0.39 is 5.24 Å². The lowest BCUT2D eigenvalue weighted by Crippen LogP contribution is -2.06. The Morgan fingerprint density at radius 2 is 2.10 bits per heavy atom. The van der Waals surface area contributed by atoms with Crippen LogP contribution in [0.4, 0.5) is 0 Å². The maximum absolute atomic E-state index is 10.7. The molecule has 0 aromatic rings. The fourth-order valence-electron chi connectivity index (χ4n) is 0.858. The van der Waals surface area contributed by atoms with E-state index in [-0.39, 0.29) is 17.8 Å².